The van der Waals surface area contributed by atoms with Gasteiger partial charge in [0.25, 0.3) is 0 Å². The Morgan fingerprint density at radius 1 is 1.03 bits per heavy atom. The summed E-state index contributed by atoms with van der Waals surface area (Å²) in [5.41, 5.74) is 4.57. The van der Waals surface area contributed by atoms with E-state index in [1.165, 1.54) is 12.3 Å². The number of ether oxygens (including phenoxy) is 2. The van der Waals surface area contributed by atoms with Gasteiger partial charge in [-0.15, -0.1) is 8.78 Å². The number of hydrogen-bond donors (Lipinski definition) is 2. The molecule has 1 aromatic heterocycles. The minimum atomic E-state index is -3.66. The van der Waals surface area contributed by atoms with E-state index in [1.54, 1.807) is 17.0 Å². The number of alkyl halides is 2. The average Bonchev–Trinajstić information content (AvgIpc) is 3.42. The maximum atomic E-state index is 13.7. The van der Waals surface area contributed by atoms with Crippen LogP contribution in [0.5, 0.6) is 5.75 Å². The number of anilines is 1. The fraction of sp³-hybridized carbons (Fsp3) is 0.160. The first-order valence-corrected chi connectivity index (χ1v) is 10.7. The van der Waals surface area contributed by atoms with Crippen molar-refractivity contribution in [3.63, 3.8) is 0 Å². The predicted octanol–water partition coefficient (Wildman–Crippen LogP) is 6.12. The minimum absolute atomic E-state index is 0.0651. The van der Waals surface area contributed by atoms with Crippen molar-refractivity contribution in [2.45, 2.75) is 26.0 Å². The lowest BCUT2D eigenvalue weighted by atomic mass is 9.96. The van der Waals surface area contributed by atoms with Gasteiger partial charge < -0.3 is 19.9 Å². The van der Waals surface area contributed by atoms with Gasteiger partial charge in [-0.05, 0) is 40.5 Å². The molecule has 4 aromatic rings. The first-order chi connectivity index (χ1) is 16.8. The van der Waals surface area contributed by atoms with Crippen molar-refractivity contribution in [2.75, 3.05) is 5.32 Å². The third-order valence-corrected chi connectivity index (χ3v) is 6.24. The zero-order valence-electron chi connectivity index (χ0n) is 18.0. The molecule has 2 aliphatic rings. The summed E-state index contributed by atoms with van der Waals surface area (Å²) in [6.07, 6.45) is -2.18. The molecule has 0 bridgehead atoms. The van der Waals surface area contributed by atoms with Crippen LogP contribution in [0, 0.1) is 11.6 Å². The number of nitrogens with zero attached hydrogens (tertiary/aromatic N) is 1. The van der Waals surface area contributed by atoms with Crippen LogP contribution in [0.3, 0.4) is 0 Å². The average molecular weight is 483 g/mol. The van der Waals surface area contributed by atoms with E-state index < -0.39 is 24.0 Å². The molecule has 2 aliphatic heterocycles. The predicted molar refractivity (Wildman–Crippen MR) is 119 cm³/mol. The third kappa shape index (κ3) is 3.75. The Bertz CT molecular complexity index is 1500. The van der Waals surface area contributed by atoms with Gasteiger partial charge in [-0.25, -0.2) is 13.6 Å². The summed E-state index contributed by atoms with van der Waals surface area (Å²) >= 11 is 0. The van der Waals surface area contributed by atoms with Crippen molar-refractivity contribution in [2.24, 2.45) is 0 Å². The van der Waals surface area contributed by atoms with Crippen molar-refractivity contribution in [1.29, 1.82) is 0 Å². The quantitative estimate of drug-likeness (QED) is 0.338. The van der Waals surface area contributed by atoms with Crippen molar-refractivity contribution in [1.82, 2.24) is 9.88 Å². The highest BCUT2D eigenvalue weighted by atomic mass is 19.3. The first-order valence-electron chi connectivity index (χ1n) is 10.7. The van der Waals surface area contributed by atoms with E-state index in [4.69, 9.17) is 0 Å². The van der Waals surface area contributed by atoms with Crippen LogP contribution in [0.4, 0.5) is 28.0 Å². The molecule has 2 N–H and O–H groups in total. The summed E-state index contributed by atoms with van der Waals surface area (Å²) < 4.78 is 63.2. The number of rotatable bonds is 2. The van der Waals surface area contributed by atoms with E-state index >= 15 is 0 Å². The Hall–Kier alpha value is -4.05. The van der Waals surface area contributed by atoms with Gasteiger partial charge in [0.2, 0.25) is 0 Å². The Labute approximate surface area is 196 Å². The van der Waals surface area contributed by atoms with Gasteiger partial charge in [0.15, 0.2) is 11.6 Å². The van der Waals surface area contributed by atoms with Crippen LogP contribution in [-0.2, 0) is 24.4 Å². The van der Waals surface area contributed by atoms with E-state index in [9.17, 15) is 22.4 Å². The maximum Gasteiger partial charge on any atom is 0.535 e. The molecule has 0 saturated carbocycles. The summed E-state index contributed by atoms with van der Waals surface area (Å²) in [4.78, 5) is 17.3. The molecular formula is C25H17F4N3O3. The molecule has 178 valence electrons. The second-order valence-corrected chi connectivity index (χ2v) is 8.42. The number of halogens is 4. The molecule has 0 saturated heterocycles. The number of nitrogens with one attached hydrogen (secondary N) is 2. The molecule has 10 heteroatoms. The normalized spacial score (nSPS) is 16.1. The Morgan fingerprint density at radius 3 is 2.69 bits per heavy atom. The van der Waals surface area contributed by atoms with E-state index in [0.717, 1.165) is 28.8 Å². The number of carbonyl (C=O) groups excluding carboxylic acids is 1. The Morgan fingerprint density at radius 2 is 1.83 bits per heavy atom. The van der Waals surface area contributed by atoms with Crippen molar-refractivity contribution >= 4 is 22.6 Å². The Kier molecular flexibility index (Phi) is 4.75. The molecule has 3 aromatic carbocycles. The lowest BCUT2D eigenvalue weighted by molar-refractivity contribution is -0.367. The number of benzene rings is 3. The smallest absolute Gasteiger partial charge is 0.409 e. The van der Waals surface area contributed by atoms with Crippen LogP contribution >= 0.6 is 0 Å². The number of H-pyrrole nitrogens is 1. The highest BCUT2D eigenvalue weighted by molar-refractivity contribution is 6.01. The second kappa shape index (κ2) is 7.74. The van der Waals surface area contributed by atoms with Crippen LogP contribution in [0.25, 0.3) is 22.0 Å². The van der Waals surface area contributed by atoms with E-state index in [2.05, 4.69) is 19.8 Å². The Balaban J connectivity index is 1.23. The molecular weight excluding hydrogens is 466 g/mol. The van der Waals surface area contributed by atoms with Gasteiger partial charge in [0.1, 0.15) is 5.75 Å². The molecule has 3 heterocycles. The van der Waals surface area contributed by atoms with Gasteiger partial charge in [0.05, 0.1) is 17.8 Å². The van der Waals surface area contributed by atoms with Crippen LogP contribution in [0.15, 0.2) is 54.7 Å². The van der Waals surface area contributed by atoms with Gasteiger partial charge in [-0.3, -0.25) is 4.74 Å². The monoisotopic (exact) mass is 483 g/mol. The SMILES string of the molecule is O=C(Nc1c[nH]c2cc(F)c(F)cc12)N1Cc2ccc(-c3cccc4c3COC(F)(F)O4)cc2C1. The number of fused-ring (bicyclic) bond motifs is 3. The second-order valence-electron chi connectivity index (χ2n) is 8.42. The van der Waals surface area contributed by atoms with Crippen LogP contribution in [0.1, 0.15) is 16.7 Å². The summed E-state index contributed by atoms with van der Waals surface area (Å²) in [7, 11) is 0. The van der Waals surface area contributed by atoms with Crippen molar-refractivity contribution < 1.29 is 31.8 Å². The number of carbonyl (C=O) groups is 1. The van der Waals surface area contributed by atoms with Gasteiger partial charge in [-0.2, -0.15) is 0 Å². The van der Waals surface area contributed by atoms with E-state index in [-0.39, 0.29) is 12.4 Å². The summed E-state index contributed by atoms with van der Waals surface area (Å²) in [6, 6.07) is 12.2. The largest absolute Gasteiger partial charge is 0.535 e. The molecule has 0 unspecified atom stereocenters. The topological polar surface area (TPSA) is 66.6 Å². The van der Waals surface area contributed by atoms with Gasteiger partial charge >= 0.3 is 12.3 Å². The standard InChI is InChI=1S/C25H17F4N3O3/c26-19-7-17-21(8-20(19)27)30-9-22(17)31-24(33)32-10-14-5-4-13(6-15(14)11-32)16-2-1-3-23-18(16)12-34-25(28,29)35-23/h1-9,30H,10-12H2,(H,31,33). The number of aromatic nitrogens is 1. The summed E-state index contributed by atoms with van der Waals surface area (Å²) in [6.45, 7) is 0.387. The summed E-state index contributed by atoms with van der Waals surface area (Å²) in [5.74, 6) is -1.92. The molecule has 6 nitrogen and oxygen atoms in total. The molecule has 0 fully saturated rings. The molecule has 0 radical (unpaired) electrons. The van der Waals surface area contributed by atoms with Crippen molar-refractivity contribution in [3.8, 4) is 16.9 Å². The summed E-state index contributed by atoms with van der Waals surface area (Å²) in [5, 5.41) is 3.11. The zero-order chi connectivity index (χ0) is 24.3. The van der Waals surface area contributed by atoms with Gasteiger partial charge in [0, 0.05) is 36.3 Å². The maximum absolute atomic E-state index is 13.7. The minimum Gasteiger partial charge on any atom is -0.409 e. The lowest BCUT2D eigenvalue weighted by Gasteiger charge is -2.26. The molecule has 6 rings (SSSR count). The van der Waals surface area contributed by atoms with Crippen molar-refractivity contribution in [3.05, 3.63) is 83.1 Å². The van der Waals surface area contributed by atoms with Crippen LogP contribution < -0.4 is 10.1 Å². The lowest BCUT2D eigenvalue weighted by Crippen LogP contribution is -2.32. The van der Waals surface area contributed by atoms with E-state index in [1.807, 2.05) is 18.2 Å². The van der Waals surface area contributed by atoms with Gasteiger partial charge in [-0.1, -0.05) is 24.3 Å². The first kappa shape index (κ1) is 21.5. The number of urea groups is 1. The third-order valence-electron chi connectivity index (χ3n) is 6.24. The molecule has 0 aliphatic carbocycles. The molecule has 2 amide bonds. The number of amides is 2. The number of aromatic amines is 1. The highest BCUT2D eigenvalue weighted by Crippen LogP contribution is 2.40. The zero-order valence-corrected chi connectivity index (χ0v) is 18.0. The van der Waals surface area contributed by atoms with Crippen LogP contribution in [-0.4, -0.2) is 22.2 Å². The fourth-order valence-electron chi connectivity index (χ4n) is 4.51. The highest BCUT2D eigenvalue weighted by Gasteiger charge is 2.39. The van der Waals surface area contributed by atoms with E-state index in [0.29, 0.717) is 40.8 Å². The molecule has 0 spiro atoms. The fourth-order valence-corrected chi connectivity index (χ4v) is 4.51. The molecule has 35 heavy (non-hydrogen) atoms. The molecule has 0 atom stereocenters. The van der Waals surface area contributed by atoms with Crippen LogP contribution in [0.2, 0.25) is 0 Å². The number of hydrogen-bond acceptors (Lipinski definition) is 3.